The predicted molar refractivity (Wildman–Crippen MR) is 469 cm³/mol. The fourth-order valence-electron chi connectivity index (χ4n) is 22.6. The lowest BCUT2D eigenvalue weighted by atomic mass is 9.93. The summed E-state index contributed by atoms with van der Waals surface area (Å²) in [7, 11) is 18.3. The summed E-state index contributed by atoms with van der Waals surface area (Å²) in [6, 6.07) is 2.28. The maximum Gasteiger partial charge on any atom is 0.262 e. The summed E-state index contributed by atoms with van der Waals surface area (Å²) in [6.45, 7) is 27.2. The molecule has 726 valence electrons. The molecule has 16 aliphatic heterocycles. The van der Waals surface area contributed by atoms with Crippen molar-refractivity contribution in [3.63, 3.8) is 0 Å². The number of carbonyl (C=O) groups is 4. The van der Waals surface area contributed by atoms with Crippen LogP contribution in [0.4, 0.5) is 43.9 Å². The van der Waals surface area contributed by atoms with Gasteiger partial charge in [-0.25, -0.2) is 43.9 Å². The zero-order valence-corrected chi connectivity index (χ0v) is 78.9. The number of nitrogens with zero attached hydrogens (tertiary/aromatic N) is 16. The van der Waals surface area contributed by atoms with Crippen molar-refractivity contribution >= 4 is 23.6 Å². The number of methoxy groups -OCH3 is 1. The third-order valence-electron chi connectivity index (χ3n) is 30.2. The van der Waals surface area contributed by atoms with Gasteiger partial charge in [0.2, 0.25) is 23.6 Å². The monoisotopic (exact) mass is 1800 g/mol. The molecule has 0 saturated carbocycles. The van der Waals surface area contributed by atoms with E-state index in [2.05, 4.69) is 119 Å². The quantitative estimate of drug-likeness (QED) is 0.117. The molecule has 0 aromatic heterocycles. The largest absolute Gasteiger partial charge is 0.395 e. The van der Waals surface area contributed by atoms with Crippen LogP contribution in [0.2, 0.25) is 0 Å². The number of likely N-dealkylation sites (tertiary alicyclic amines) is 16. The van der Waals surface area contributed by atoms with Crippen molar-refractivity contribution in [2.24, 2.45) is 0 Å². The maximum atomic E-state index is 13.6. The Morgan fingerprint density at radius 1 is 0.352 bits per heavy atom. The predicted octanol–water partition coefficient (Wildman–Crippen LogP) is 9.17. The van der Waals surface area contributed by atoms with E-state index in [1.54, 1.807) is 27.9 Å². The van der Waals surface area contributed by atoms with E-state index >= 15 is 0 Å². The van der Waals surface area contributed by atoms with Crippen LogP contribution in [0.25, 0.3) is 0 Å². The maximum absolute atomic E-state index is 13.6. The summed E-state index contributed by atoms with van der Waals surface area (Å²) in [5.41, 5.74) is -1.07. The highest BCUT2D eigenvalue weighted by molar-refractivity contribution is 6.02. The van der Waals surface area contributed by atoms with E-state index in [1.807, 2.05) is 31.4 Å². The van der Waals surface area contributed by atoms with Crippen molar-refractivity contribution in [1.29, 1.82) is 0 Å². The van der Waals surface area contributed by atoms with Gasteiger partial charge >= 0.3 is 0 Å². The Morgan fingerprint density at radius 3 is 0.936 bits per heavy atom. The standard InChI is InChI=1S/C13H24F2N2O.2C12H22F2N2O.C11H20F2N2O.C11H20F2N2.2C11H20N2O.C10H16N2O2/c1-12(2,18)11-8-13(14,15)9-17(11)10-4-6-16(3)7-5-10;1-15-5-3-10(4-6-15)16-9-12(13,14)7-11(16)8-17-2;1-9(17)11-7-12(13,14)8-16(11)10-3-5-15(2)6-4-10;1-14-4-2-9(3-5-14)15-8-11(12,13)6-10(15)7-16;1-9-7-11(12,13)8-15(9)10-3-5-14(2)6-4-10;2*1-9-3-4-11(14)13(9)10-5-7-12(2)8-6-10;1-11-6-4-8(5-7-11)12-9(13)2-3-10(12)14/h10-11,18H,4-9H2,1-3H3;10-11H,3-9H2,1-2H3;9-11,17H,3-8H2,1-2H3;9-10,16H,2-8H2,1H3;9-10H,3-8H2,1-2H3;2*9-10H,3-8H2,1-2H3;8H,2-7H2,1H3/t2*11-;9?,11-;10-;3*9-;/m1111010./s1. The molecule has 0 spiro atoms. The molecule has 125 heavy (non-hydrogen) atoms. The van der Waals surface area contributed by atoms with Crippen LogP contribution in [0.15, 0.2) is 0 Å². The second-order valence-corrected chi connectivity index (χ2v) is 41.2. The van der Waals surface area contributed by atoms with Crippen molar-refractivity contribution in [2.45, 2.75) is 347 Å². The summed E-state index contributed by atoms with van der Waals surface area (Å²) in [5.74, 6) is -12.1. The summed E-state index contributed by atoms with van der Waals surface area (Å²) >= 11 is 0. The van der Waals surface area contributed by atoms with Crippen LogP contribution >= 0.6 is 0 Å². The van der Waals surface area contributed by atoms with Gasteiger partial charge in [-0.1, -0.05) is 0 Å². The van der Waals surface area contributed by atoms with Crippen molar-refractivity contribution in [3.8, 4) is 0 Å². The lowest BCUT2D eigenvalue weighted by Gasteiger charge is -2.41. The number of piperidine rings is 8. The number of hydrogen-bond acceptors (Lipinski definition) is 21. The Labute approximate surface area is 742 Å². The van der Waals surface area contributed by atoms with E-state index in [-0.39, 0.29) is 132 Å². The second-order valence-electron chi connectivity index (χ2n) is 41.2. The van der Waals surface area contributed by atoms with Gasteiger partial charge in [0.05, 0.1) is 57.6 Å². The smallest absolute Gasteiger partial charge is 0.262 e. The lowest BCUT2D eigenvalue weighted by Crippen LogP contribution is -2.52. The van der Waals surface area contributed by atoms with Crippen LogP contribution in [0, 0.1) is 0 Å². The molecule has 34 heteroatoms. The molecule has 0 aromatic rings. The van der Waals surface area contributed by atoms with Crippen LogP contribution < -0.4 is 0 Å². The first-order valence-electron chi connectivity index (χ1n) is 47.8. The first kappa shape index (κ1) is 105. The average molecular weight is 1800 g/mol. The topological polar surface area (TPSA) is 190 Å². The molecule has 0 aliphatic carbocycles. The second kappa shape index (κ2) is 47.1. The van der Waals surface area contributed by atoms with E-state index in [0.29, 0.717) is 67.5 Å². The highest BCUT2D eigenvalue weighted by Crippen LogP contribution is 2.43. The van der Waals surface area contributed by atoms with Crippen LogP contribution in [-0.2, 0) is 23.9 Å². The molecular weight excluding hydrogens is 1640 g/mol. The van der Waals surface area contributed by atoms with Gasteiger partial charge in [-0.15, -0.1) is 0 Å². The fraction of sp³-hybridized carbons (Fsp3) is 0.956. The minimum atomic E-state index is -2.66. The number of aliphatic hydroxyl groups excluding tert-OH is 2. The van der Waals surface area contributed by atoms with Gasteiger partial charge in [0, 0.05) is 156 Å². The molecule has 16 fully saturated rings. The number of halogens is 10. The van der Waals surface area contributed by atoms with E-state index in [9.17, 15) is 73.3 Å². The summed E-state index contributed by atoms with van der Waals surface area (Å²) < 4.78 is 139. The fourth-order valence-corrected chi connectivity index (χ4v) is 22.6. The van der Waals surface area contributed by atoms with Crippen LogP contribution in [0.3, 0.4) is 0 Å². The van der Waals surface area contributed by atoms with Crippen molar-refractivity contribution in [3.05, 3.63) is 0 Å². The Balaban J connectivity index is 0.000000162. The van der Waals surface area contributed by atoms with Gasteiger partial charge in [0.1, 0.15) is 0 Å². The summed E-state index contributed by atoms with van der Waals surface area (Å²) in [6.07, 6.45) is 19.3. The average Bonchev–Trinajstić information content (AvgIpc) is 1.65. The number of carbonyl (C=O) groups excluding carboxylic acids is 4. The van der Waals surface area contributed by atoms with Gasteiger partial charge < -0.3 is 69.1 Å². The van der Waals surface area contributed by atoms with Gasteiger partial charge in [-0.3, -0.25) is 48.6 Å². The van der Waals surface area contributed by atoms with Gasteiger partial charge in [-0.05, 0) is 318 Å². The van der Waals surface area contributed by atoms with Gasteiger partial charge in [0.15, 0.2) is 0 Å². The van der Waals surface area contributed by atoms with Crippen LogP contribution in [0.1, 0.15) is 215 Å². The van der Waals surface area contributed by atoms with Gasteiger partial charge in [0.25, 0.3) is 29.6 Å². The zero-order chi connectivity index (χ0) is 91.8. The van der Waals surface area contributed by atoms with Gasteiger partial charge in [-0.2, -0.15) is 0 Å². The molecule has 1 unspecified atom stereocenters. The minimum Gasteiger partial charge on any atom is -0.395 e. The number of ether oxygens (including phenoxy) is 1. The first-order valence-corrected chi connectivity index (χ1v) is 47.8. The van der Waals surface area contributed by atoms with E-state index in [0.717, 1.165) is 233 Å². The third kappa shape index (κ3) is 31.4. The highest BCUT2D eigenvalue weighted by Gasteiger charge is 2.55. The van der Waals surface area contributed by atoms with E-state index in [4.69, 9.17) is 9.84 Å². The Kier molecular flexibility index (Phi) is 39.7. The summed E-state index contributed by atoms with van der Waals surface area (Å²) in [5, 5.41) is 28.9. The van der Waals surface area contributed by atoms with Crippen LogP contribution in [0.5, 0.6) is 0 Å². The zero-order valence-electron chi connectivity index (χ0n) is 78.9. The van der Waals surface area contributed by atoms with Crippen molar-refractivity contribution in [1.82, 2.24) is 78.4 Å². The molecule has 0 aromatic carbocycles. The van der Waals surface area contributed by atoms with E-state index in [1.165, 1.54) is 4.90 Å². The molecule has 0 bridgehead atoms. The van der Waals surface area contributed by atoms with Crippen molar-refractivity contribution < 1.29 is 83.1 Å². The molecule has 0 radical (unpaired) electrons. The third-order valence-corrected chi connectivity index (χ3v) is 30.2. The Morgan fingerprint density at radius 2 is 0.624 bits per heavy atom. The number of rotatable bonds is 13. The molecule has 16 heterocycles. The molecule has 16 aliphatic rings. The normalized spacial score (nSPS) is 32.0. The molecule has 3 N–H and O–H groups in total. The Bertz CT molecular complexity index is 3170. The highest BCUT2D eigenvalue weighted by atomic mass is 19.3. The Hall–Kier alpha value is -3.30. The molecule has 16 rings (SSSR count). The van der Waals surface area contributed by atoms with Crippen LogP contribution in [-0.4, -0.2) is 463 Å². The number of imide groups is 1. The number of hydrogen-bond donors (Lipinski definition) is 3. The molecule has 4 amide bonds. The lowest BCUT2D eigenvalue weighted by molar-refractivity contribution is -0.142. The molecule has 8 atom stereocenters. The SMILES string of the molecule is CC(O)[C@H]1CC(F)(F)CN1C1CCN(C)CC1.CN1CCC(N2C(=O)CCC2=O)CC1.CN1CCC(N2CC(F)(F)C[C@@H]2C(C)(C)O)CC1.CN1CCC(N2CC(F)(F)C[C@@H]2CO)CC1.COC[C@H]1CC(F)(F)CN1C1CCN(C)CC1.C[C@@H]1CCC(=O)N1C1CCN(C)CC1.C[C@H]1CC(F)(F)CN1C1CCN(C)CC1.C[C@H]1CCC(=O)N1C1CCN(C)CC1. The number of amides is 4. The molecule has 16 saturated heterocycles. The minimum absolute atomic E-state index is 0.0253. The molecule has 24 nitrogen and oxygen atoms in total. The number of aliphatic hydroxyl groups is 3. The number of alkyl halides is 10. The molecular formula is C91H164F10N16O8. The summed E-state index contributed by atoms with van der Waals surface area (Å²) in [4.78, 5) is 79.7. The van der Waals surface area contributed by atoms with Crippen molar-refractivity contribution in [2.75, 3.05) is 214 Å². The van der Waals surface area contributed by atoms with E-state index < -0.39 is 47.4 Å². The first-order chi connectivity index (χ1) is 58.6.